The molecular formula is C12H20O10. The van der Waals surface area contributed by atoms with Crippen molar-refractivity contribution < 1.29 is 50.0 Å². The molecule has 10 heteroatoms. The van der Waals surface area contributed by atoms with E-state index in [2.05, 4.69) is 0 Å². The molecular weight excluding hydrogens is 304 g/mol. The lowest BCUT2D eigenvalue weighted by atomic mass is 9.99. The first-order valence-electron chi connectivity index (χ1n) is 6.46. The minimum Gasteiger partial charge on any atom is -0.469 e. The van der Waals surface area contributed by atoms with Gasteiger partial charge in [0.1, 0.15) is 36.6 Å². The van der Waals surface area contributed by atoms with Crippen molar-refractivity contribution in [3.05, 3.63) is 12.3 Å². The van der Waals surface area contributed by atoms with Gasteiger partial charge in [0.05, 0.1) is 19.5 Å². The Kier molecular flexibility index (Phi) is 7.32. The number of hydrogen-bond acceptors (Lipinski definition) is 10. The van der Waals surface area contributed by atoms with E-state index in [1.807, 2.05) is 0 Å². The highest BCUT2D eigenvalue weighted by atomic mass is 16.7. The predicted molar refractivity (Wildman–Crippen MR) is 68.1 cm³/mol. The van der Waals surface area contributed by atoms with Crippen molar-refractivity contribution >= 4 is 5.78 Å². The number of ketones is 1. The first kappa shape index (κ1) is 18.9. The van der Waals surface area contributed by atoms with Crippen LogP contribution in [0.15, 0.2) is 12.3 Å². The lowest BCUT2D eigenvalue weighted by molar-refractivity contribution is -0.287. The van der Waals surface area contributed by atoms with Crippen LogP contribution in [-0.2, 0) is 14.3 Å². The fourth-order valence-electron chi connectivity index (χ4n) is 1.75. The van der Waals surface area contributed by atoms with Crippen molar-refractivity contribution in [1.29, 1.82) is 0 Å². The average Bonchev–Trinajstić information content (AvgIpc) is 2.53. The van der Waals surface area contributed by atoms with Gasteiger partial charge in [0.25, 0.3) is 0 Å². The van der Waals surface area contributed by atoms with Gasteiger partial charge in [-0.25, -0.2) is 0 Å². The zero-order valence-corrected chi connectivity index (χ0v) is 11.5. The number of aliphatic hydroxyl groups excluding tert-OH is 7. The van der Waals surface area contributed by atoms with E-state index < -0.39 is 61.9 Å². The first-order valence-corrected chi connectivity index (χ1v) is 6.46. The average molecular weight is 324 g/mol. The van der Waals surface area contributed by atoms with E-state index in [1.165, 1.54) is 0 Å². The van der Waals surface area contributed by atoms with Crippen LogP contribution in [0.4, 0.5) is 0 Å². The Morgan fingerprint density at radius 3 is 2.32 bits per heavy atom. The van der Waals surface area contributed by atoms with E-state index >= 15 is 0 Å². The number of hydrogen-bond donors (Lipinski definition) is 7. The van der Waals surface area contributed by atoms with Gasteiger partial charge in [-0.1, -0.05) is 0 Å². The summed E-state index contributed by atoms with van der Waals surface area (Å²) in [5.74, 6) is -0.967. The quantitative estimate of drug-likeness (QED) is 0.179. The Morgan fingerprint density at radius 2 is 1.77 bits per heavy atom. The first-order chi connectivity index (χ1) is 10.3. The Hall–Kier alpha value is -1.11. The van der Waals surface area contributed by atoms with Crippen molar-refractivity contribution in [3.8, 4) is 0 Å². The summed E-state index contributed by atoms with van der Waals surface area (Å²) in [6, 6.07) is 0. The number of ether oxygens (including phenoxy) is 2. The van der Waals surface area contributed by atoms with Gasteiger partial charge in [-0.2, -0.15) is 0 Å². The van der Waals surface area contributed by atoms with E-state index in [-0.39, 0.29) is 0 Å². The van der Waals surface area contributed by atoms with Crippen LogP contribution in [0.5, 0.6) is 0 Å². The second kappa shape index (κ2) is 8.50. The van der Waals surface area contributed by atoms with Gasteiger partial charge in [-0.05, 0) is 0 Å². The van der Waals surface area contributed by atoms with E-state index in [1.54, 1.807) is 0 Å². The Morgan fingerprint density at radius 1 is 1.14 bits per heavy atom. The van der Waals surface area contributed by atoms with Crippen LogP contribution >= 0.6 is 0 Å². The second-order valence-corrected chi connectivity index (χ2v) is 4.73. The Labute approximate surface area is 125 Å². The molecule has 0 aromatic heterocycles. The molecule has 0 bridgehead atoms. The zero-order chi connectivity index (χ0) is 16.9. The summed E-state index contributed by atoms with van der Waals surface area (Å²) in [5, 5.41) is 64.6. The SMILES string of the molecule is O=C(C=CO[C@@H]1O[C@H](CO)[C@@H](O)[C@H](O)[C@H]1O)C(O)C(O)CO. The third-order valence-electron chi connectivity index (χ3n) is 3.14. The van der Waals surface area contributed by atoms with Gasteiger partial charge in [-0.15, -0.1) is 0 Å². The van der Waals surface area contributed by atoms with Gasteiger partial charge >= 0.3 is 0 Å². The molecule has 0 aromatic carbocycles. The molecule has 0 radical (unpaired) electrons. The van der Waals surface area contributed by atoms with E-state index in [9.17, 15) is 25.2 Å². The summed E-state index contributed by atoms with van der Waals surface area (Å²) in [6.45, 7) is -1.44. The van der Waals surface area contributed by atoms with Crippen molar-refractivity contribution in [2.45, 2.75) is 42.9 Å². The molecule has 1 rings (SSSR count). The minimum atomic E-state index is -1.85. The summed E-state index contributed by atoms with van der Waals surface area (Å²) in [6.07, 6.45) is -9.43. The molecule has 128 valence electrons. The lowest BCUT2D eigenvalue weighted by Gasteiger charge is -2.39. The van der Waals surface area contributed by atoms with Crippen molar-refractivity contribution in [2.75, 3.05) is 13.2 Å². The van der Waals surface area contributed by atoms with Crippen LogP contribution in [0.25, 0.3) is 0 Å². The van der Waals surface area contributed by atoms with Crippen LogP contribution in [0.1, 0.15) is 0 Å². The third kappa shape index (κ3) is 4.44. The topological polar surface area (TPSA) is 177 Å². The molecule has 1 aliphatic heterocycles. The molecule has 1 saturated heterocycles. The number of carbonyl (C=O) groups is 1. The van der Waals surface area contributed by atoms with Gasteiger partial charge in [0.2, 0.25) is 6.29 Å². The molecule has 1 aliphatic rings. The maximum absolute atomic E-state index is 11.4. The molecule has 0 amide bonds. The van der Waals surface area contributed by atoms with Crippen molar-refractivity contribution in [1.82, 2.24) is 0 Å². The lowest BCUT2D eigenvalue weighted by Crippen LogP contribution is -2.58. The number of aliphatic hydroxyl groups is 7. The Balaban J connectivity index is 2.59. The molecule has 0 spiro atoms. The highest BCUT2D eigenvalue weighted by molar-refractivity contribution is 5.93. The normalized spacial score (nSPS) is 35.3. The second-order valence-electron chi connectivity index (χ2n) is 4.73. The van der Waals surface area contributed by atoms with Crippen LogP contribution in [0.2, 0.25) is 0 Å². The van der Waals surface area contributed by atoms with Gasteiger partial charge in [0.15, 0.2) is 5.78 Å². The largest absolute Gasteiger partial charge is 0.469 e. The molecule has 0 aromatic rings. The molecule has 10 nitrogen and oxygen atoms in total. The van der Waals surface area contributed by atoms with E-state index in [4.69, 9.17) is 24.8 Å². The number of carbonyl (C=O) groups excluding carboxylic acids is 1. The maximum atomic E-state index is 11.4. The summed E-state index contributed by atoms with van der Waals surface area (Å²) in [4.78, 5) is 11.4. The van der Waals surface area contributed by atoms with E-state index in [0.29, 0.717) is 0 Å². The van der Waals surface area contributed by atoms with Crippen LogP contribution in [-0.4, -0.2) is 97.7 Å². The highest BCUT2D eigenvalue weighted by Crippen LogP contribution is 2.22. The smallest absolute Gasteiger partial charge is 0.228 e. The highest BCUT2D eigenvalue weighted by Gasteiger charge is 2.44. The fourth-order valence-corrected chi connectivity index (χ4v) is 1.75. The zero-order valence-electron chi connectivity index (χ0n) is 11.5. The molecule has 7 atom stereocenters. The molecule has 0 saturated carbocycles. The van der Waals surface area contributed by atoms with Crippen molar-refractivity contribution in [3.63, 3.8) is 0 Å². The third-order valence-corrected chi connectivity index (χ3v) is 3.14. The van der Waals surface area contributed by atoms with Crippen molar-refractivity contribution in [2.24, 2.45) is 0 Å². The molecule has 0 aliphatic carbocycles. The van der Waals surface area contributed by atoms with E-state index in [0.717, 1.165) is 12.3 Å². The standard InChI is InChI=1S/C12H20O10/c13-3-6(16)8(17)5(15)1-2-21-12-11(20)10(19)9(18)7(4-14)22-12/h1-2,6-14,16-20H,3-4H2/t6?,7-,8?,9-,10+,11-,12-/m1/s1. The molecule has 22 heavy (non-hydrogen) atoms. The molecule has 1 heterocycles. The fraction of sp³-hybridized carbons (Fsp3) is 0.750. The monoisotopic (exact) mass is 324 g/mol. The maximum Gasteiger partial charge on any atom is 0.228 e. The number of rotatable bonds is 7. The molecule has 7 N–H and O–H groups in total. The van der Waals surface area contributed by atoms with Crippen LogP contribution < -0.4 is 0 Å². The van der Waals surface area contributed by atoms with Gasteiger partial charge < -0.3 is 45.2 Å². The van der Waals surface area contributed by atoms with Crippen LogP contribution in [0, 0.1) is 0 Å². The summed E-state index contributed by atoms with van der Waals surface area (Å²) in [7, 11) is 0. The minimum absolute atomic E-state index is 0.630. The predicted octanol–water partition coefficient (Wildman–Crippen LogP) is -4.40. The molecule has 2 unspecified atom stereocenters. The summed E-state index contributed by atoms with van der Waals surface area (Å²) >= 11 is 0. The van der Waals surface area contributed by atoms with Gasteiger partial charge in [-0.3, -0.25) is 4.79 Å². The van der Waals surface area contributed by atoms with Gasteiger partial charge in [0, 0.05) is 6.08 Å². The van der Waals surface area contributed by atoms with Crippen LogP contribution in [0.3, 0.4) is 0 Å². The summed E-state index contributed by atoms with van der Waals surface area (Å²) < 4.78 is 9.86. The summed E-state index contributed by atoms with van der Waals surface area (Å²) in [5.41, 5.74) is 0. The molecule has 1 fully saturated rings. The Bertz CT molecular complexity index is 384.